The number of aryl methyl sites for hydroxylation is 1. The number of halogens is 3. The van der Waals surface area contributed by atoms with Crippen LogP contribution in [0, 0.1) is 6.92 Å². The van der Waals surface area contributed by atoms with Crippen molar-refractivity contribution in [2.45, 2.75) is 18.2 Å². The van der Waals surface area contributed by atoms with Gasteiger partial charge in [-0.1, -0.05) is 11.2 Å². The summed E-state index contributed by atoms with van der Waals surface area (Å²) in [7, 11) is -2.76. The molecule has 27 heavy (non-hydrogen) atoms. The number of anilines is 1. The van der Waals surface area contributed by atoms with Crippen molar-refractivity contribution in [3.05, 3.63) is 47.7 Å². The Bertz CT molecular complexity index is 1070. The Morgan fingerprint density at radius 3 is 2.52 bits per heavy atom. The molecule has 2 aromatic heterocycles. The Morgan fingerprint density at radius 2 is 1.89 bits per heavy atom. The number of rotatable bonds is 5. The van der Waals surface area contributed by atoms with E-state index in [1.165, 1.54) is 13.2 Å². The first-order chi connectivity index (χ1) is 12.6. The molecule has 0 saturated heterocycles. The number of hydrogen-bond donors (Lipinski definition) is 1. The van der Waals surface area contributed by atoms with Gasteiger partial charge in [0.1, 0.15) is 11.4 Å². The van der Waals surface area contributed by atoms with Gasteiger partial charge in [-0.2, -0.15) is 21.6 Å². The summed E-state index contributed by atoms with van der Waals surface area (Å²) < 4.78 is 79.5. The summed E-state index contributed by atoms with van der Waals surface area (Å²) in [5.74, 6) is -1.21. The van der Waals surface area contributed by atoms with Crippen LogP contribution in [-0.2, 0) is 16.2 Å². The number of benzene rings is 1. The SMILES string of the molecule is COc1ccc(C)cc1NS(=O)(=O)c1ccc(-c2cc(C(F)(F)F)on2)o1. The Hall–Kier alpha value is -2.95. The average molecular weight is 402 g/mol. The van der Waals surface area contributed by atoms with Gasteiger partial charge in [0.15, 0.2) is 5.76 Å². The molecule has 7 nitrogen and oxygen atoms in total. The van der Waals surface area contributed by atoms with Crippen LogP contribution in [0.4, 0.5) is 18.9 Å². The van der Waals surface area contributed by atoms with Gasteiger partial charge >= 0.3 is 6.18 Å². The topological polar surface area (TPSA) is 94.6 Å². The summed E-state index contributed by atoms with van der Waals surface area (Å²) in [6.45, 7) is 1.77. The van der Waals surface area contributed by atoms with E-state index in [4.69, 9.17) is 9.15 Å². The van der Waals surface area contributed by atoms with Gasteiger partial charge < -0.3 is 13.7 Å². The van der Waals surface area contributed by atoms with E-state index in [2.05, 4.69) is 14.4 Å². The average Bonchev–Trinajstić information content (AvgIpc) is 3.24. The fraction of sp³-hybridized carbons (Fsp3) is 0.188. The Morgan fingerprint density at radius 1 is 1.15 bits per heavy atom. The van der Waals surface area contributed by atoms with Crippen molar-refractivity contribution in [1.29, 1.82) is 0 Å². The normalized spacial score (nSPS) is 12.2. The predicted octanol–water partition coefficient (Wildman–Crippen LogP) is 4.07. The molecule has 0 amide bonds. The van der Waals surface area contributed by atoms with Gasteiger partial charge in [-0.05, 0) is 36.8 Å². The highest BCUT2D eigenvalue weighted by atomic mass is 32.2. The van der Waals surface area contributed by atoms with Crippen molar-refractivity contribution in [3.8, 4) is 17.2 Å². The van der Waals surface area contributed by atoms with Crippen LogP contribution in [0.3, 0.4) is 0 Å². The monoisotopic (exact) mass is 402 g/mol. The molecule has 1 aromatic carbocycles. The molecule has 0 radical (unpaired) electrons. The van der Waals surface area contributed by atoms with E-state index in [1.807, 2.05) is 0 Å². The van der Waals surface area contributed by atoms with Crippen LogP contribution in [-0.4, -0.2) is 20.7 Å². The van der Waals surface area contributed by atoms with Gasteiger partial charge in [0.2, 0.25) is 10.9 Å². The number of methoxy groups -OCH3 is 1. The lowest BCUT2D eigenvalue weighted by molar-refractivity contribution is -0.155. The van der Waals surface area contributed by atoms with E-state index in [0.29, 0.717) is 11.8 Å². The van der Waals surface area contributed by atoms with Gasteiger partial charge in [0, 0.05) is 6.07 Å². The lowest BCUT2D eigenvalue weighted by atomic mass is 10.2. The van der Waals surface area contributed by atoms with Gasteiger partial charge in [0.05, 0.1) is 12.8 Å². The first-order valence-electron chi connectivity index (χ1n) is 7.42. The Kier molecular flexibility index (Phi) is 4.64. The zero-order valence-corrected chi connectivity index (χ0v) is 14.8. The third kappa shape index (κ3) is 3.92. The largest absolute Gasteiger partial charge is 0.495 e. The number of ether oxygens (including phenoxy) is 1. The second kappa shape index (κ2) is 6.65. The molecular weight excluding hydrogens is 389 g/mol. The summed E-state index contributed by atoms with van der Waals surface area (Å²) in [4.78, 5) is 0. The highest BCUT2D eigenvalue weighted by molar-refractivity contribution is 7.92. The lowest BCUT2D eigenvalue weighted by Gasteiger charge is -2.11. The molecule has 2 heterocycles. The van der Waals surface area contributed by atoms with Crippen molar-refractivity contribution in [2.24, 2.45) is 0 Å². The van der Waals surface area contributed by atoms with Crippen LogP contribution in [0.5, 0.6) is 5.75 Å². The summed E-state index contributed by atoms with van der Waals surface area (Å²) in [6, 6.07) is 7.79. The minimum absolute atomic E-state index is 0.189. The molecular formula is C16H13F3N2O5S. The number of alkyl halides is 3. The fourth-order valence-electron chi connectivity index (χ4n) is 2.22. The van der Waals surface area contributed by atoms with Crippen LogP contribution in [0.25, 0.3) is 11.5 Å². The van der Waals surface area contributed by atoms with Crippen LogP contribution < -0.4 is 9.46 Å². The quantitative estimate of drug-likeness (QED) is 0.691. The lowest BCUT2D eigenvalue weighted by Crippen LogP contribution is -2.13. The molecule has 0 bridgehead atoms. The molecule has 0 spiro atoms. The molecule has 3 aromatic rings. The van der Waals surface area contributed by atoms with Crippen molar-refractivity contribution < 1.29 is 35.3 Å². The summed E-state index contributed by atoms with van der Waals surface area (Å²) in [5, 5.41) is 2.75. The molecule has 0 aliphatic rings. The van der Waals surface area contributed by atoms with E-state index < -0.39 is 27.1 Å². The molecule has 3 rings (SSSR count). The first-order valence-corrected chi connectivity index (χ1v) is 8.90. The standard InChI is InChI=1S/C16H13F3N2O5S/c1-9-3-4-12(24-2)11(7-9)21-27(22,23)15-6-5-13(25-15)10-8-14(26-20-10)16(17,18)19/h3-8,21H,1-2H3. The Labute approximate surface area is 151 Å². The number of hydrogen-bond acceptors (Lipinski definition) is 6. The summed E-state index contributed by atoms with van der Waals surface area (Å²) in [5.41, 5.74) is 0.698. The number of nitrogens with zero attached hydrogens (tertiary/aromatic N) is 1. The van der Waals surface area contributed by atoms with Crippen LogP contribution >= 0.6 is 0 Å². The number of nitrogens with one attached hydrogen (secondary N) is 1. The highest BCUT2D eigenvalue weighted by Gasteiger charge is 2.36. The second-order valence-corrected chi connectivity index (χ2v) is 7.12. The number of furan rings is 1. The molecule has 144 valence electrons. The minimum Gasteiger partial charge on any atom is -0.495 e. The van der Waals surface area contributed by atoms with Crippen LogP contribution in [0.1, 0.15) is 11.3 Å². The van der Waals surface area contributed by atoms with E-state index in [9.17, 15) is 21.6 Å². The maximum absolute atomic E-state index is 12.6. The minimum atomic E-state index is -4.71. The third-order valence-corrected chi connectivity index (χ3v) is 4.73. The van der Waals surface area contributed by atoms with E-state index in [0.717, 1.165) is 11.6 Å². The molecule has 0 atom stereocenters. The molecule has 11 heteroatoms. The molecule has 0 fully saturated rings. The molecule has 0 saturated carbocycles. The van der Waals surface area contributed by atoms with E-state index >= 15 is 0 Å². The molecule has 0 aliphatic heterocycles. The van der Waals surface area contributed by atoms with E-state index in [1.54, 1.807) is 25.1 Å². The molecule has 0 unspecified atom stereocenters. The Balaban J connectivity index is 1.89. The van der Waals surface area contributed by atoms with Crippen molar-refractivity contribution >= 4 is 15.7 Å². The smallest absolute Gasteiger partial charge is 0.452 e. The maximum atomic E-state index is 12.6. The second-order valence-electron chi connectivity index (χ2n) is 5.50. The van der Waals surface area contributed by atoms with Gasteiger partial charge in [-0.25, -0.2) is 0 Å². The van der Waals surface area contributed by atoms with Crippen LogP contribution in [0.15, 0.2) is 50.4 Å². The zero-order chi connectivity index (χ0) is 19.8. The van der Waals surface area contributed by atoms with Gasteiger partial charge in [-0.15, -0.1) is 0 Å². The number of sulfonamides is 1. The number of aromatic nitrogens is 1. The van der Waals surface area contributed by atoms with Gasteiger partial charge in [-0.3, -0.25) is 4.72 Å². The fourth-order valence-corrected chi connectivity index (χ4v) is 3.22. The maximum Gasteiger partial charge on any atom is 0.452 e. The van der Waals surface area contributed by atoms with Crippen molar-refractivity contribution in [1.82, 2.24) is 5.16 Å². The zero-order valence-electron chi connectivity index (χ0n) is 14.0. The molecule has 0 aliphatic carbocycles. The third-order valence-electron chi connectivity index (χ3n) is 3.49. The summed E-state index contributed by atoms with van der Waals surface area (Å²) in [6.07, 6.45) is -4.71. The highest BCUT2D eigenvalue weighted by Crippen LogP contribution is 2.34. The van der Waals surface area contributed by atoms with Gasteiger partial charge in [0.25, 0.3) is 10.0 Å². The molecule has 1 N–H and O–H groups in total. The van der Waals surface area contributed by atoms with E-state index in [-0.39, 0.29) is 17.1 Å². The summed E-state index contributed by atoms with van der Waals surface area (Å²) >= 11 is 0. The van der Waals surface area contributed by atoms with Crippen molar-refractivity contribution in [3.63, 3.8) is 0 Å². The first kappa shape index (κ1) is 18.8. The van der Waals surface area contributed by atoms with Crippen LogP contribution in [0.2, 0.25) is 0 Å². The van der Waals surface area contributed by atoms with Crippen molar-refractivity contribution in [2.75, 3.05) is 11.8 Å². The predicted molar refractivity (Wildman–Crippen MR) is 87.7 cm³/mol.